The van der Waals surface area contributed by atoms with Gasteiger partial charge in [-0.25, -0.2) is 0 Å². The normalized spacial score (nSPS) is 21.5. The summed E-state index contributed by atoms with van der Waals surface area (Å²) in [5, 5.41) is 5.79. The van der Waals surface area contributed by atoms with Crippen LogP contribution in [0.3, 0.4) is 0 Å². The van der Waals surface area contributed by atoms with E-state index in [0.717, 1.165) is 0 Å². The second-order valence-electron chi connectivity index (χ2n) is 7.62. The fraction of sp³-hybridized carbons (Fsp3) is 1.00. The molecule has 4 nitrogen and oxygen atoms in total. The Labute approximate surface area is 145 Å². The molecule has 0 aromatic rings. The molecule has 2 saturated heterocycles. The van der Waals surface area contributed by atoms with Gasteiger partial charge in [-0.2, -0.15) is 11.1 Å². The minimum absolute atomic E-state index is 0. The van der Waals surface area contributed by atoms with E-state index in [4.69, 9.17) is 11.1 Å². The Balaban J connectivity index is 0.000000397. The van der Waals surface area contributed by atoms with Crippen LogP contribution >= 0.6 is 11.1 Å². The minimum atomic E-state index is -1.16. The Morgan fingerprint density at radius 3 is 1.45 bits per heavy atom. The number of hydrogen-bond acceptors (Lipinski definition) is 4. The molecule has 0 aliphatic carbocycles. The highest BCUT2D eigenvalue weighted by Gasteiger charge is 2.40. The van der Waals surface area contributed by atoms with Gasteiger partial charge in [-0.3, -0.25) is 10.1 Å². The van der Waals surface area contributed by atoms with Crippen LogP contribution < -0.4 is 5.09 Å². The van der Waals surface area contributed by atoms with Crippen molar-refractivity contribution in [2.75, 3.05) is 54.6 Å². The lowest BCUT2D eigenvalue weighted by atomic mass is 10.5. The molecule has 0 bridgehead atoms. The van der Waals surface area contributed by atoms with Crippen molar-refractivity contribution < 1.29 is 0 Å². The first-order chi connectivity index (χ1) is 9.66. The second-order valence-corrected chi connectivity index (χ2v) is 17.7. The third-order valence-corrected chi connectivity index (χ3v) is 14.2. The van der Waals surface area contributed by atoms with E-state index in [1.54, 1.807) is 0 Å². The fourth-order valence-corrected chi connectivity index (χ4v) is 11.3. The second kappa shape index (κ2) is 9.76. The molecule has 0 aromatic heterocycles. The zero-order chi connectivity index (χ0) is 16.1. The van der Waals surface area contributed by atoms with Gasteiger partial charge in [0.1, 0.15) is 0 Å². The van der Waals surface area contributed by atoms with E-state index >= 15 is 0 Å². The van der Waals surface area contributed by atoms with Crippen LogP contribution in [0.5, 0.6) is 0 Å². The van der Waals surface area contributed by atoms with E-state index in [1.165, 1.54) is 49.4 Å². The van der Waals surface area contributed by atoms with Crippen LogP contribution in [-0.2, 0) is 0 Å². The third-order valence-electron chi connectivity index (χ3n) is 4.24. The van der Waals surface area contributed by atoms with Crippen LogP contribution in [0.15, 0.2) is 0 Å². The smallest absolute Gasteiger partial charge is 0.170 e. The molecular formula is C15H39ClN4Si2. The monoisotopic (exact) mass is 366 g/mol. The summed E-state index contributed by atoms with van der Waals surface area (Å²) in [6, 6.07) is 5.58. The average Bonchev–Trinajstić information content (AvgIpc) is 2.22. The molecular weight excluding hydrogens is 328 g/mol. The molecule has 2 aliphatic heterocycles. The van der Waals surface area contributed by atoms with Crippen molar-refractivity contribution in [2.24, 2.45) is 0 Å². The Bertz CT molecular complexity index is 294. The van der Waals surface area contributed by atoms with E-state index in [9.17, 15) is 0 Å². The van der Waals surface area contributed by atoms with Gasteiger partial charge in [-0.05, 0) is 52.4 Å². The predicted molar refractivity (Wildman–Crippen MR) is 106 cm³/mol. The van der Waals surface area contributed by atoms with E-state index in [2.05, 4.69) is 62.2 Å². The maximum atomic E-state index is 6.30. The summed E-state index contributed by atoms with van der Waals surface area (Å²) in [6.07, 6.45) is 5.27. The molecule has 2 heterocycles. The average molecular weight is 367 g/mol. The molecule has 22 heavy (non-hydrogen) atoms. The van der Waals surface area contributed by atoms with Gasteiger partial charge in [0.15, 0.2) is 15.6 Å². The summed E-state index contributed by atoms with van der Waals surface area (Å²) in [4.78, 5) is 4.54. The number of nitrogens with one attached hydrogen (secondary N) is 1. The summed E-state index contributed by atoms with van der Waals surface area (Å²) in [5.41, 5.74) is 0. The van der Waals surface area contributed by atoms with Crippen LogP contribution in [0.2, 0.25) is 24.2 Å². The topological polar surface area (TPSA) is 21.8 Å². The van der Waals surface area contributed by atoms with Crippen LogP contribution in [0.1, 0.15) is 20.3 Å². The summed E-state index contributed by atoms with van der Waals surface area (Å²) >= 11 is 6.30. The highest BCUT2D eigenvalue weighted by atomic mass is 35.6. The minimum Gasteiger partial charge on any atom is -0.311 e. The molecule has 0 aromatic carbocycles. The highest BCUT2D eigenvalue weighted by molar-refractivity contribution is 7.21. The molecule has 134 valence electrons. The molecule has 0 saturated carbocycles. The lowest BCUT2D eigenvalue weighted by Crippen LogP contribution is -2.65. The zero-order valence-corrected chi connectivity index (χ0v) is 17.6. The van der Waals surface area contributed by atoms with Crippen LogP contribution in [-0.4, -0.2) is 85.0 Å². The van der Waals surface area contributed by atoms with Crippen molar-refractivity contribution in [3.05, 3.63) is 0 Å². The van der Waals surface area contributed by atoms with Gasteiger partial charge in [0, 0.05) is 26.4 Å². The van der Waals surface area contributed by atoms with Crippen LogP contribution in [0.25, 0.3) is 0 Å². The maximum Gasteiger partial charge on any atom is 0.170 e. The lowest BCUT2D eigenvalue weighted by Gasteiger charge is -2.43. The lowest BCUT2D eigenvalue weighted by molar-refractivity contribution is 0.341. The van der Waals surface area contributed by atoms with E-state index < -0.39 is 15.6 Å². The Hall–Kier alpha value is 0.564. The van der Waals surface area contributed by atoms with Gasteiger partial charge in [-0.15, -0.1) is 0 Å². The summed E-state index contributed by atoms with van der Waals surface area (Å²) < 4.78 is 0. The number of nitrogens with zero attached hydrogens (tertiary/aromatic N) is 3. The Morgan fingerprint density at radius 1 is 0.818 bits per heavy atom. The molecule has 0 amide bonds. The van der Waals surface area contributed by atoms with Gasteiger partial charge >= 0.3 is 0 Å². The van der Waals surface area contributed by atoms with Gasteiger partial charge in [0.2, 0.25) is 0 Å². The van der Waals surface area contributed by atoms with Crippen molar-refractivity contribution >= 4 is 26.7 Å². The number of hydrazine groups is 1. The summed E-state index contributed by atoms with van der Waals surface area (Å²) in [7, 11) is 10.5. The SMILES string of the molecule is C.CN(C)C[Si]1(Cl)CCC1.CN(C)C[Si]1(NN(C)C)CCC1. The Kier molecular flexibility index (Phi) is 10.0. The molecule has 0 spiro atoms. The van der Waals surface area contributed by atoms with E-state index in [-0.39, 0.29) is 7.43 Å². The largest absolute Gasteiger partial charge is 0.311 e. The summed E-state index contributed by atoms with van der Waals surface area (Å²) in [6.45, 7) is 0. The number of halogens is 1. The maximum absolute atomic E-state index is 6.30. The standard InChI is InChI=1S/C8H21N3Si.C6H14ClNSi.CH4/c1-10(2)8-12(6-5-7-12)9-11(3)4;1-8(2)6-9(7)4-3-5-9;/h9H,5-8H2,1-4H3;3-6H2,1-2H3;1H4. The van der Waals surface area contributed by atoms with Gasteiger partial charge in [0.05, 0.1) is 0 Å². The van der Waals surface area contributed by atoms with Crippen molar-refractivity contribution in [1.82, 2.24) is 19.9 Å². The van der Waals surface area contributed by atoms with Crippen molar-refractivity contribution in [3.8, 4) is 0 Å². The first kappa shape index (κ1) is 22.6. The van der Waals surface area contributed by atoms with Crippen molar-refractivity contribution in [3.63, 3.8) is 0 Å². The number of hydrogen-bond donors (Lipinski definition) is 1. The quantitative estimate of drug-likeness (QED) is 0.443. The molecule has 0 radical (unpaired) electrons. The highest BCUT2D eigenvalue weighted by Crippen LogP contribution is 2.35. The van der Waals surface area contributed by atoms with E-state index in [0.29, 0.717) is 0 Å². The molecule has 1 N–H and O–H groups in total. The van der Waals surface area contributed by atoms with E-state index in [1.807, 2.05) is 0 Å². The first-order valence-electron chi connectivity index (χ1n) is 8.10. The zero-order valence-electron chi connectivity index (χ0n) is 14.9. The van der Waals surface area contributed by atoms with Gasteiger partial charge < -0.3 is 9.80 Å². The van der Waals surface area contributed by atoms with Gasteiger partial charge in [-0.1, -0.05) is 20.3 Å². The predicted octanol–water partition coefficient (Wildman–Crippen LogP) is 2.81. The van der Waals surface area contributed by atoms with Crippen molar-refractivity contribution in [1.29, 1.82) is 0 Å². The Morgan fingerprint density at radius 2 is 1.27 bits per heavy atom. The van der Waals surface area contributed by atoms with Gasteiger partial charge in [0.25, 0.3) is 0 Å². The molecule has 2 aliphatic rings. The third kappa shape index (κ3) is 7.90. The molecule has 0 atom stereocenters. The van der Waals surface area contributed by atoms with Crippen LogP contribution in [0.4, 0.5) is 0 Å². The van der Waals surface area contributed by atoms with Crippen LogP contribution in [0, 0.1) is 0 Å². The first-order valence-corrected chi connectivity index (χ1v) is 14.4. The van der Waals surface area contributed by atoms with Crippen molar-refractivity contribution in [2.45, 2.75) is 44.4 Å². The molecule has 0 unspecified atom stereocenters. The fourth-order valence-electron chi connectivity index (χ4n) is 3.27. The summed E-state index contributed by atoms with van der Waals surface area (Å²) in [5.74, 6) is 0. The molecule has 7 heteroatoms. The molecule has 2 rings (SSSR count). The molecule has 2 fully saturated rings. The number of rotatable bonds is 6.